The maximum Gasteiger partial charge on any atom is 0.0125 e. The van der Waals surface area contributed by atoms with Gasteiger partial charge < -0.3 is 5.73 Å². The number of hydrogen-bond acceptors (Lipinski definition) is 1. The maximum absolute atomic E-state index is 6.11. The van der Waals surface area contributed by atoms with Crippen LogP contribution in [0.5, 0.6) is 0 Å². The second-order valence-electron chi connectivity index (χ2n) is 5.01. The molecule has 0 aromatic carbocycles. The van der Waals surface area contributed by atoms with E-state index in [-0.39, 0.29) is 5.54 Å². The summed E-state index contributed by atoms with van der Waals surface area (Å²) in [6, 6.07) is 0. The number of rotatable bonds is 2. The highest BCUT2D eigenvalue weighted by molar-refractivity contribution is 4.85. The van der Waals surface area contributed by atoms with Crippen molar-refractivity contribution in [3.63, 3.8) is 0 Å². The van der Waals surface area contributed by atoms with Gasteiger partial charge in [0.1, 0.15) is 0 Å². The Morgan fingerprint density at radius 1 is 1.17 bits per heavy atom. The van der Waals surface area contributed by atoms with Crippen molar-refractivity contribution in [2.75, 3.05) is 0 Å². The van der Waals surface area contributed by atoms with E-state index >= 15 is 0 Å². The van der Waals surface area contributed by atoms with E-state index in [1.54, 1.807) is 0 Å². The summed E-state index contributed by atoms with van der Waals surface area (Å²) in [7, 11) is 0. The van der Waals surface area contributed by atoms with Crippen LogP contribution in [0, 0.1) is 11.8 Å². The lowest BCUT2D eigenvalue weighted by molar-refractivity contribution is 0.188. The van der Waals surface area contributed by atoms with Gasteiger partial charge in [-0.3, -0.25) is 0 Å². The third kappa shape index (κ3) is 2.48. The lowest BCUT2D eigenvalue weighted by Crippen LogP contribution is -2.43. The molecule has 0 aromatic heterocycles. The van der Waals surface area contributed by atoms with Gasteiger partial charge in [-0.05, 0) is 25.7 Å². The predicted octanol–water partition coefficient (Wildman–Crippen LogP) is 2.94. The Bertz CT molecular complexity index is 128. The molecule has 1 fully saturated rings. The van der Waals surface area contributed by atoms with Crippen molar-refractivity contribution in [3.05, 3.63) is 0 Å². The van der Waals surface area contributed by atoms with Crippen molar-refractivity contribution in [3.8, 4) is 0 Å². The minimum Gasteiger partial charge on any atom is -0.325 e. The van der Waals surface area contributed by atoms with Gasteiger partial charge >= 0.3 is 0 Å². The minimum atomic E-state index is 0.0159. The van der Waals surface area contributed by atoms with Crippen LogP contribution in [0.1, 0.15) is 52.9 Å². The Kier molecular flexibility index (Phi) is 3.16. The van der Waals surface area contributed by atoms with Crippen LogP contribution in [0.4, 0.5) is 0 Å². The molecule has 72 valence electrons. The summed E-state index contributed by atoms with van der Waals surface area (Å²) in [4.78, 5) is 0. The molecule has 0 aliphatic heterocycles. The zero-order valence-electron chi connectivity index (χ0n) is 8.77. The first kappa shape index (κ1) is 10.0. The summed E-state index contributed by atoms with van der Waals surface area (Å²) in [5.74, 6) is 1.57. The van der Waals surface area contributed by atoms with Gasteiger partial charge in [0.15, 0.2) is 0 Å². The van der Waals surface area contributed by atoms with Crippen molar-refractivity contribution in [1.82, 2.24) is 0 Å². The second kappa shape index (κ2) is 3.78. The Labute approximate surface area is 76.7 Å². The number of nitrogens with two attached hydrogens (primary N) is 1. The summed E-state index contributed by atoms with van der Waals surface area (Å²) >= 11 is 0. The Balaban J connectivity index is 2.45. The van der Waals surface area contributed by atoms with Gasteiger partial charge in [0.05, 0.1) is 0 Å². The molecule has 2 N–H and O–H groups in total. The molecule has 1 rings (SSSR count). The summed E-state index contributed by atoms with van der Waals surface area (Å²) < 4.78 is 0. The molecule has 1 aliphatic rings. The average Bonchev–Trinajstić information content (AvgIpc) is 2.03. The highest BCUT2D eigenvalue weighted by Crippen LogP contribution is 2.34. The first-order valence-corrected chi connectivity index (χ1v) is 5.30. The largest absolute Gasteiger partial charge is 0.325 e. The van der Waals surface area contributed by atoms with Crippen LogP contribution in [0.3, 0.4) is 0 Å². The van der Waals surface area contributed by atoms with Crippen LogP contribution in [0.2, 0.25) is 0 Å². The second-order valence-corrected chi connectivity index (χ2v) is 5.01. The van der Waals surface area contributed by atoms with Crippen LogP contribution in [-0.2, 0) is 0 Å². The average molecular weight is 169 g/mol. The summed E-state index contributed by atoms with van der Waals surface area (Å²) in [5.41, 5.74) is 6.13. The van der Waals surface area contributed by atoms with E-state index in [1.165, 1.54) is 32.1 Å². The molecule has 12 heavy (non-hydrogen) atoms. The Hall–Kier alpha value is -0.0400. The lowest BCUT2D eigenvalue weighted by atomic mass is 9.73. The molecule has 0 spiro atoms. The van der Waals surface area contributed by atoms with Gasteiger partial charge in [0, 0.05) is 5.54 Å². The van der Waals surface area contributed by atoms with Gasteiger partial charge in [-0.1, -0.05) is 39.0 Å². The van der Waals surface area contributed by atoms with Crippen LogP contribution >= 0.6 is 0 Å². The molecule has 0 radical (unpaired) electrons. The van der Waals surface area contributed by atoms with E-state index in [0.29, 0.717) is 5.92 Å². The topological polar surface area (TPSA) is 26.0 Å². The fourth-order valence-corrected chi connectivity index (χ4v) is 2.24. The van der Waals surface area contributed by atoms with E-state index in [1.807, 2.05) is 0 Å². The van der Waals surface area contributed by atoms with E-state index in [9.17, 15) is 0 Å². The smallest absolute Gasteiger partial charge is 0.0125 e. The molecule has 1 atom stereocenters. The SMILES string of the molecule is C[C@H](C1CCCCC1)C(C)(C)N. The molecule has 1 saturated carbocycles. The fraction of sp³-hybridized carbons (Fsp3) is 1.00. The van der Waals surface area contributed by atoms with Crippen molar-refractivity contribution >= 4 is 0 Å². The third-order valence-electron chi connectivity index (χ3n) is 3.53. The fourth-order valence-electron chi connectivity index (χ4n) is 2.24. The normalized spacial score (nSPS) is 24.0. The van der Waals surface area contributed by atoms with Crippen molar-refractivity contribution in [2.45, 2.75) is 58.4 Å². The molecule has 0 unspecified atom stereocenters. The van der Waals surface area contributed by atoms with Crippen LogP contribution in [0.15, 0.2) is 0 Å². The van der Waals surface area contributed by atoms with Gasteiger partial charge in [0.25, 0.3) is 0 Å². The summed E-state index contributed by atoms with van der Waals surface area (Å²) in [6.07, 6.45) is 7.09. The Morgan fingerprint density at radius 3 is 2.08 bits per heavy atom. The summed E-state index contributed by atoms with van der Waals surface area (Å²) in [6.45, 7) is 6.63. The van der Waals surface area contributed by atoms with E-state index < -0.39 is 0 Å². The minimum absolute atomic E-state index is 0.0159. The molecule has 0 aromatic rings. The molecule has 1 nitrogen and oxygen atoms in total. The van der Waals surface area contributed by atoms with E-state index in [0.717, 1.165) is 5.92 Å². The van der Waals surface area contributed by atoms with Crippen molar-refractivity contribution in [1.29, 1.82) is 0 Å². The van der Waals surface area contributed by atoms with E-state index in [4.69, 9.17) is 5.73 Å². The zero-order chi connectivity index (χ0) is 9.19. The predicted molar refractivity (Wildman–Crippen MR) is 54.0 cm³/mol. The van der Waals surface area contributed by atoms with E-state index in [2.05, 4.69) is 20.8 Å². The summed E-state index contributed by atoms with van der Waals surface area (Å²) in [5, 5.41) is 0. The Morgan fingerprint density at radius 2 is 1.67 bits per heavy atom. The molecule has 1 aliphatic carbocycles. The zero-order valence-corrected chi connectivity index (χ0v) is 8.77. The lowest BCUT2D eigenvalue weighted by Gasteiger charge is -2.36. The van der Waals surface area contributed by atoms with Crippen LogP contribution in [0.25, 0.3) is 0 Å². The van der Waals surface area contributed by atoms with Crippen molar-refractivity contribution in [2.24, 2.45) is 17.6 Å². The molecule has 0 bridgehead atoms. The standard InChI is InChI=1S/C11H23N/c1-9(11(2,3)12)10-7-5-4-6-8-10/h9-10H,4-8,12H2,1-3H3/t9-/m1/s1. The molecule has 0 amide bonds. The van der Waals surface area contributed by atoms with Gasteiger partial charge in [-0.2, -0.15) is 0 Å². The highest BCUT2D eigenvalue weighted by atomic mass is 14.7. The maximum atomic E-state index is 6.11. The number of hydrogen-bond donors (Lipinski definition) is 1. The van der Waals surface area contributed by atoms with Gasteiger partial charge in [0.2, 0.25) is 0 Å². The van der Waals surface area contributed by atoms with Gasteiger partial charge in [-0.15, -0.1) is 0 Å². The molecular weight excluding hydrogens is 146 g/mol. The van der Waals surface area contributed by atoms with Crippen LogP contribution in [-0.4, -0.2) is 5.54 Å². The first-order chi connectivity index (χ1) is 5.52. The van der Waals surface area contributed by atoms with Crippen molar-refractivity contribution < 1.29 is 0 Å². The molecule has 0 saturated heterocycles. The molecular formula is C11H23N. The van der Waals surface area contributed by atoms with Gasteiger partial charge in [-0.25, -0.2) is 0 Å². The van der Waals surface area contributed by atoms with Crippen LogP contribution < -0.4 is 5.73 Å². The first-order valence-electron chi connectivity index (χ1n) is 5.30. The monoisotopic (exact) mass is 169 g/mol. The highest BCUT2D eigenvalue weighted by Gasteiger charge is 2.29. The molecule has 0 heterocycles. The quantitative estimate of drug-likeness (QED) is 0.675. The molecule has 1 heteroatoms. The third-order valence-corrected chi connectivity index (χ3v) is 3.53.